The summed E-state index contributed by atoms with van der Waals surface area (Å²) >= 11 is 5.45. The Hall–Kier alpha value is -0.803. The molecule has 0 saturated heterocycles. The molecular weight excluding hydrogens is 252 g/mol. The molecule has 0 aliphatic heterocycles. The van der Waals surface area contributed by atoms with Crippen LogP contribution in [-0.4, -0.2) is 13.6 Å². The fourth-order valence-electron chi connectivity index (χ4n) is 1.13. The fourth-order valence-corrected chi connectivity index (χ4v) is 2.27. The fraction of sp³-hybridized carbons (Fsp3) is 0.462. The minimum atomic E-state index is -1.86. The Morgan fingerprint density at radius 1 is 1.29 bits per heavy atom. The second-order valence-corrected chi connectivity index (χ2v) is 10.7. The third kappa shape index (κ3) is 3.58. The highest BCUT2D eigenvalue weighted by molar-refractivity contribution is 6.74. The average molecular weight is 271 g/mol. The minimum absolute atomic E-state index is 0.133. The van der Waals surface area contributed by atoms with Crippen LogP contribution in [0.25, 0.3) is 0 Å². The van der Waals surface area contributed by atoms with Gasteiger partial charge in [-0.1, -0.05) is 26.8 Å². The molecule has 0 aliphatic carbocycles. The van der Waals surface area contributed by atoms with Crippen molar-refractivity contribution in [3.05, 3.63) is 29.8 Å². The quantitative estimate of drug-likeness (QED) is 0.599. The van der Waals surface area contributed by atoms with Gasteiger partial charge in [0, 0.05) is 5.56 Å². The largest absolute Gasteiger partial charge is 0.543 e. The third-order valence-electron chi connectivity index (χ3n) is 3.24. The molecular formula is C13H19ClO2Si. The Balaban J connectivity index is 2.96. The monoisotopic (exact) mass is 270 g/mol. The lowest BCUT2D eigenvalue weighted by Gasteiger charge is -2.36. The van der Waals surface area contributed by atoms with Gasteiger partial charge in [0.05, 0.1) is 0 Å². The minimum Gasteiger partial charge on any atom is -0.543 e. The summed E-state index contributed by atoms with van der Waals surface area (Å²) in [6, 6.07) is 7.05. The summed E-state index contributed by atoms with van der Waals surface area (Å²) < 4.78 is 6.09. The van der Waals surface area contributed by atoms with Gasteiger partial charge in [-0.05, 0) is 47.9 Å². The summed E-state index contributed by atoms with van der Waals surface area (Å²) in [4.78, 5) is 11.1. The number of rotatable bonds is 3. The van der Waals surface area contributed by atoms with E-state index in [-0.39, 0.29) is 5.04 Å². The lowest BCUT2D eigenvalue weighted by atomic mass is 10.2. The van der Waals surface area contributed by atoms with Crippen molar-refractivity contribution in [3.8, 4) is 5.75 Å². The van der Waals surface area contributed by atoms with Crippen LogP contribution >= 0.6 is 11.6 Å². The molecule has 0 unspecified atom stereocenters. The number of hydrogen-bond acceptors (Lipinski definition) is 2. The number of hydrogen-bond donors (Lipinski definition) is 0. The Labute approximate surface area is 109 Å². The Kier molecular flexibility index (Phi) is 4.05. The van der Waals surface area contributed by atoms with Gasteiger partial charge in [0.15, 0.2) is 0 Å². The molecule has 4 heteroatoms. The smallest absolute Gasteiger partial charge is 0.252 e. The normalized spacial score (nSPS) is 12.4. The summed E-state index contributed by atoms with van der Waals surface area (Å²) in [7, 11) is -1.86. The van der Waals surface area contributed by atoms with E-state index in [0.717, 1.165) is 5.75 Å². The van der Waals surface area contributed by atoms with Gasteiger partial charge >= 0.3 is 0 Å². The van der Waals surface area contributed by atoms with Crippen LogP contribution in [0.4, 0.5) is 0 Å². The molecule has 17 heavy (non-hydrogen) atoms. The van der Waals surface area contributed by atoms with Gasteiger partial charge in [-0.15, -0.1) is 0 Å². The number of carbonyl (C=O) groups is 1. The average Bonchev–Trinajstić information content (AvgIpc) is 2.15. The lowest BCUT2D eigenvalue weighted by molar-refractivity contribution is 0.108. The van der Waals surface area contributed by atoms with E-state index < -0.39 is 13.6 Å². The van der Waals surface area contributed by atoms with Crippen LogP contribution in [-0.2, 0) is 0 Å². The molecule has 2 nitrogen and oxygen atoms in total. The zero-order valence-corrected chi connectivity index (χ0v) is 12.8. The summed E-state index contributed by atoms with van der Waals surface area (Å²) in [6.07, 6.45) is 0. The van der Waals surface area contributed by atoms with E-state index in [1.807, 2.05) is 6.07 Å². The molecule has 0 bridgehead atoms. The van der Waals surface area contributed by atoms with Crippen LogP contribution in [0.5, 0.6) is 5.75 Å². The van der Waals surface area contributed by atoms with Crippen molar-refractivity contribution in [1.29, 1.82) is 0 Å². The van der Waals surface area contributed by atoms with E-state index in [4.69, 9.17) is 16.0 Å². The van der Waals surface area contributed by atoms with Gasteiger partial charge in [0.1, 0.15) is 5.75 Å². The van der Waals surface area contributed by atoms with Crippen molar-refractivity contribution in [3.63, 3.8) is 0 Å². The van der Waals surface area contributed by atoms with Gasteiger partial charge in [0.2, 0.25) is 8.32 Å². The van der Waals surface area contributed by atoms with Crippen molar-refractivity contribution in [1.82, 2.24) is 0 Å². The molecule has 0 aromatic heterocycles. The molecule has 0 fully saturated rings. The lowest BCUT2D eigenvalue weighted by Crippen LogP contribution is -2.43. The van der Waals surface area contributed by atoms with E-state index in [9.17, 15) is 4.79 Å². The Morgan fingerprint density at radius 2 is 1.88 bits per heavy atom. The summed E-state index contributed by atoms with van der Waals surface area (Å²) in [6.45, 7) is 10.9. The van der Waals surface area contributed by atoms with Crippen molar-refractivity contribution < 1.29 is 9.22 Å². The predicted octanol–water partition coefficient (Wildman–Crippen LogP) is 4.45. The molecule has 0 heterocycles. The highest BCUT2D eigenvalue weighted by Crippen LogP contribution is 2.37. The van der Waals surface area contributed by atoms with Crippen molar-refractivity contribution in [2.24, 2.45) is 0 Å². The molecule has 0 saturated carbocycles. The van der Waals surface area contributed by atoms with Crippen LogP contribution in [0, 0.1) is 0 Å². The van der Waals surface area contributed by atoms with Crippen molar-refractivity contribution >= 4 is 25.2 Å². The van der Waals surface area contributed by atoms with E-state index in [0.29, 0.717) is 5.56 Å². The first-order valence-corrected chi connectivity index (χ1v) is 8.91. The van der Waals surface area contributed by atoms with Crippen molar-refractivity contribution in [2.45, 2.75) is 38.9 Å². The molecule has 0 atom stereocenters. The second kappa shape index (κ2) is 4.82. The molecule has 0 amide bonds. The first kappa shape index (κ1) is 14.3. The molecule has 1 aromatic carbocycles. The SMILES string of the molecule is CC(C)(C)[Si](C)(C)Oc1cccc(C(=O)Cl)c1. The Bertz CT molecular complexity index is 422. The third-order valence-corrected chi connectivity index (χ3v) is 7.82. The van der Waals surface area contributed by atoms with E-state index in [2.05, 4.69) is 33.9 Å². The first-order chi connectivity index (χ1) is 7.63. The molecule has 0 spiro atoms. The molecule has 94 valence electrons. The van der Waals surface area contributed by atoms with Gasteiger partial charge < -0.3 is 4.43 Å². The van der Waals surface area contributed by atoms with E-state index in [1.165, 1.54) is 0 Å². The maximum Gasteiger partial charge on any atom is 0.252 e. The van der Waals surface area contributed by atoms with Gasteiger partial charge in [0.25, 0.3) is 5.24 Å². The van der Waals surface area contributed by atoms with Crippen molar-refractivity contribution in [2.75, 3.05) is 0 Å². The van der Waals surface area contributed by atoms with Gasteiger partial charge in [-0.3, -0.25) is 4.79 Å². The van der Waals surface area contributed by atoms with E-state index >= 15 is 0 Å². The standard InChI is InChI=1S/C13H19ClO2Si/c1-13(2,3)17(4,5)16-11-8-6-7-10(9-11)12(14)15/h6-9H,1-5H3. The number of halogens is 1. The zero-order valence-electron chi connectivity index (χ0n) is 11.0. The number of carbonyl (C=O) groups excluding carboxylic acids is 1. The highest BCUT2D eigenvalue weighted by atomic mass is 35.5. The Morgan fingerprint density at radius 3 is 2.35 bits per heavy atom. The highest BCUT2D eigenvalue weighted by Gasteiger charge is 2.38. The summed E-state index contributed by atoms with van der Waals surface area (Å²) in [5, 5.41) is -0.320. The number of benzene rings is 1. The molecule has 1 rings (SSSR count). The molecule has 0 radical (unpaired) electrons. The molecule has 1 aromatic rings. The van der Waals surface area contributed by atoms with Gasteiger partial charge in [-0.25, -0.2) is 0 Å². The molecule has 0 aliphatic rings. The maximum atomic E-state index is 11.1. The van der Waals surface area contributed by atoms with Gasteiger partial charge in [-0.2, -0.15) is 0 Å². The summed E-state index contributed by atoms with van der Waals surface area (Å²) in [5.74, 6) is 0.725. The van der Waals surface area contributed by atoms with Crippen LogP contribution in [0.1, 0.15) is 31.1 Å². The van der Waals surface area contributed by atoms with Crippen LogP contribution in [0.15, 0.2) is 24.3 Å². The topological polar surface area (TPSA) is 26.3 Å². The first-order valence-electron chi connectivity index (χ1n) is 5.62. The maximum absolute atomic E-state index is 11.1. The zero-order chi connectivity index (χ0) is 13.3. The van der Waals surface area contributed by atoms with Crippen LogP contribution in [0.3, 0.4) is 0 Å². The van der Waals surface area contributed by atoms with Crippen LogP contribution in [0.2, 0.25) is 18.1 Å². The van der Waals surface area contributed by atoms with Crippen LogP contribution < -0.4 is 4.43 Å². The molecule has 0 N–H and O–H groups in total. The predicted molar refractivity (Wildman–Crippen MR) is 74.5 cm³/mol. The second-order valence-electron chi connectivity index (χ2n) is 5.66. The summed E-state index contributed by atoms with van der Waals surface area (Å²) in [5.41, 5.74) is 0.475. The van der Waals surface area contributed by atoms with E-state index in [1.54, 1.807) is 18.2 Å².